The normalized spacial score (nSPS) is 23.5. The number of rotatable bonds is 21. The number of aliphatic carboxylic acids is 3. The van der Waals surface area contributed by atoms with Crippen LogP contribution >= 0.6 is 0 Å². The number of ketones is 1. The lowest BCUT2D eigenvalue weighted by molar-refractivity contribution is -0.156. The number of hydrogen-bond acceptors (Lipinski definition) is 22. The molecule has 478 valence electrons. The highest BCUT2D eigenvalue weighted by molar-refractivity contribution is 6.04. The second-order valence-corrected chi connectivity index (χ2v) is 19.3. The number of carbonyl (C=O) groups is 17. The predicted octanol–water partition coefficient (Wildman–Crippen LogP) is -7.42. The summed E-state index contributed by atoms with van der Waals surface area (Å²) >= 11 is 0. The molecule has 0 radical (unpaired) electrons. The number of nitrogens with one attached hydrogen (secondary N) is 11. The predicted molar refractivity (Wildman–Crippen MR) is 293 cm³/mol. The summed E-state index contributed by atoms with van der Waals surface area (Å²) in [5.74, 6) is -21.8. The van der Waals surface area contributed by atoms with Crippen LogP contribution in [0, 0.1) is 5.92 Å². The summed E-state index contributed by atoms with van der Waals surface area (Å²) in [5.41, 5.74) is 11.4. The quantitative estimate of drug-likeness (QED) is 0.0136. The average molecular weight is 1230 g/mol. The van der Waals surface area contributed by atoms with Crippen LogP contribution in [0.15, 0.2) is 36.9 Å². The number of aliphatic hydroxyl groups excluding tert-OH is 1. The van der Waals surface area contributed by atoms with Crippen LogP contribution in [0.1, 0.15) is 76.1 Å². The summed E-state index contributed by atoms with van der Waals surface area (Å²) in [6.07, 6.45) is -6.83. The lowest BCUT2D eigenvalue weighted by Crippen LogP contribution is -2.60. The van der Waals surface area contributed by atoms with Gasteiger partial charge in [-0.25, -0.2) is 9.59 Å². The first-order valence-corrected chi connectivity index (χ1v) is 26.4. The molecule has 11 amide bonds. The van der Waals surface area contributed by atoms with Crippen LogP contribution in [0.2, 0.25) is 0 Å². The van der Waals surface area contributed by atoms with E-state index >= 15 is 0 Å². The Hall–Kier alpha value is -10.1. The minimum Gasteiger partial charge on any atom is -0.481 e. The summed E-state index contributed by atoms with van der Waals surface area (Å²) in [6, 6.07) is -12.1. The number of alkyl carbamates (subject to hydrolysis) is 1. The molecule has 1 aliphatic heterocycles. The van der Waals surface area contributed by atoms with Crippen LogP contribution in [-0.2, 0) is 81.4 Å². The van der Waals surface area contributed by atoms with E-state index in [1.54, 1.807) is 0 Å². The number of aldehydes is 1. The number of hydrogen-bond donors (Lipinski definition) is 17. The van der Waals surface area contributed by atoms with Crippen LogP contribution in [-0.4, -0.2) is 215 Å². The maximum Gasteiger partial charge on any atom is 0.407 e. The second kappa shape index (κ2) is 36.5. The van der Waals surface area contributed by atoms with E-state index in [4.69, 9.17) is 20.9 Å². The van der Waals surface area contributed by atoms with Gasteiger partial charge in [-0.3, -0.25) is 67.1 Å². The highest BCUT2D eigenvalue weighted by atomic mass is 16.6. The summed E-state index contributed by atoms with van der Waals surface area (Å²) < 4.78 is 10.3. The molecule has 1 heterocycles. The zero-order valence-corrected chi connectivity index (χ0v) is 47.2. The fourth-order valence-corrected chi connectivity index (χ4v) is 7.75. The van der Waals surface area contributed by atoms with E-state index < -0.39 is 213 Å². The van der Waals surface area contributed by atoms with Crippen LogP contribution in [0.25, 0.3) is 0 Å². The Kier molecular flexibility index (Phi) is 30.7. The molecule has 36 nitrogen and oxygen atoms in total. The number of para-hydroxylation sites is 1. The molecule has 1 aliphatic rings. The summed E-state index contributed by atoms with van der Waals surface area (Å²) in [5, 5.41) is 62.4. The van der Waals surface area contributed by atoms with Gasteiger partial charge in [-0.2, -0.15) is 0 Å². The molecule has 1 saturated heterocycles. The van der Waals surface area contributed by atoms with E-state index in [2.05, 4.69) is 54.4 Å². The summed E-state index contributed by atoms with van der Waals surface area (Å²) in [4.78, 5) is 223. The largest absolute Gasteiger partial charge is 0.481 e. The van der Waals surface area contributed by atoms with Crippen molar-refractivity contribution in [2.45, 2.75) is 126 Å². The standard InChI is InChI=1S/C51H71N13O23/c1-5-15-86-51(85)54-13-8-11-29-46(80)60-30(12-14-65)45(79)57-24(3)42(76)61-31(19-39(74)75)44(78)55-20-36(69)59-33(22-66)47(81)63-40(23(2)16-37(70)71)49(83)62-32(18-34(67)26-9-6-7-10-27(26)52)50(84)87-25(4)41(48(82)56-21-35(68)58-29)64-43(77)28(53)17-38(72)73/h5-7,9-10,14,23-25,28-33,40-41,66H,1,8,11-13,15-22,52-53H2,2-4H3,(H,54,85)(H,55,78)(H,56,82)(H,57,79)(H,58,68)(H,59,69)(H,60,80)(H,61,76)(H,62,83)(H,63,81)(H,64,77)(H,70,71)(H,72,73)(H,74,75). The molecule has 1 aromatic rings. The molecule has 36 heteroatoms. The minimum absolute atomic E-state index is 0.126. The van der Waals surface area contributed by atoms with Crippen molar-refractivity contribution in [2.24, 2.45) is 11.7 Å². The van der Waals surface area contributed by atoms with Crippen molar-refractivity contribution in [3.05, 3.63) is 42.5 Å². The minimum atomic E-state index is -2.18. The molecule has 1 fully saturated rings. The van der Waals surface area contributed by atoms with Gasteiger partial charge in [-0.15, -0.1) is 0 Å². The van der Waals surface area contributed by atoms with Crippen LogP contribution < -0.4 is 70.0 Å². The molecular formula is C51H71N13O23. The number of carboxylic acids is 3. The summed E-state index contributed by atoms with van der Waals surface area (Å²) in [7, 11) is 0. The molecule has 0 spiro atoms. The maximum absolute atomic E-state index is 14.3. The van der Waals surface area contributed by atoms with Gasteiger partial charge in [-0.05, 0) is 44.7 Å². The molecule has 11 unspecified atom stereocenters. The molecule has 0 saturated carbocycles. The molecule has 0 aromatic heterocycles. The van der Waals surface area contributed by atoms with Crippen molar-refractivity contribution in [1.29, 1.82) is 0 Å². The van der Waals surface area contributed by atoms with E-state index in [0.717, 1.165) is 20.8 Å². The van der Waals surface area contributed by atoms with Gasteiger partial charge in [0, 0.05) is 30.6 Å². The fraction of sp³-hybridized carbons (Fsp3) is 0.510. The molecule has 87 heavy (non-hydrogen) atoms. The van der Waals surface area contributed by atoms with Gasteiger partial charge in [0.2, 0.25) is 59.1 Å². The van der Waals surface area contributed by atoms with E-state index in [-0.39, 0.29) is 43.5 Å². The molecule has 2 rings (SSSR count). The van der Waals surface area contributed by atoms with Crippen molar-refractivity contribution in [1.82, 2.24) is 58.5 Å². The third-order valence-electron chi connectivity index (χ3n) is 12.3. The third kappa shape index (κ3) is 25.7. The number of nitrogen functional groups attached to an aromatic ring is 1. The summed E-state index contributed by atoms with van der Waals surface area (Å²) in [6.45, 7) is 2.68. The zero-order valence-electron chi connectivity index (χ0n) is 47.2. The van der Waals surface area contributed by atoms with Crippen molar-refractivity contribution in [3.8, 4) is 0 Å². The first kappa shape index (κ1) is 73.0. The van der Waals surface area contributed by atoms with Gasteiger partial charge in [0.05, 0.1) is 45.0 Å². The van der Waals surface area contributed by atoms with Gasteiger partial charge in [0.25, 0.3) is 0 Å². The molecule has 0 aliphatic carbocycles. The monoisotopic (exact) mass is 1230 g/mol. The molecule has 19 N–H and O–H groups in total. The van der Waals surface area contributed by atoms with E-state index in [9.17, 15) is 102 Å². The van der Waals surface area contributed by atoms with Gasteiger partial charge < -0.3 is 105 Å². The molecule has 11 atom stereocenters. The fourth-order valence-electron chi connectivity index (χ4n) is 7.75. The zero-order chi connectivity index (χ0) is 65.7. The smallest absolute Gasteiger partial charge is 0.407 e. The lowest BCUT2D eigenvalue weighted by Gasteiger charge is -2.29. The third-order valence-corrected chi connectivity index (χ3v) is 12.3. The maximum atomic E-state index is 14.3. The number of cyclic esters (lactones) is 1. The molecule has 1 aromatic carbocycles. The lowest BCUT2D eigenvalue weighted by atomic mass is 9.96. The Morgan fingerprint density at radius 1 is 0.713 bits per heavy atom. The van der Waals surface area contributed by atoms with Gasteiger partial charge >= 0.3 is 30.0 Å². The van der Waals surface area contributed by atoms with Crippen LogP contribution in [0.5, 0.6) is 0 Å². The number of Topliss-reactive ketones (excluding diaryl/α,β-unsaturated/α-hetero) is 1. The van der Waals surface area contributed by atoms with Crippen LogP contribution in [0.3, 0.4) is 0 Å². The number of aliphatic hydroxyl groups is 1. The molecular weight excluding hydrogens is 1160 g/mol. The first-order valence-electron chi connectivity index (χ1n) is 26.4. The Balaban J connectivity index is 2.84. The molecule has 0 bridgehead atoms. The Bertz CT molecular complexity index is 2760. The van der Waals surface area contributed by atoms with E-state index in [0.29, 0.717) is 0 Å². The highest BCUT2D eigenvalue weighted by Gasteiger charge is 2.39. The van der Waals surface area contributed by atoms with Crippen molar-refractivity contribution in [2.75, 3.05) is 38.6 Å². The highest BCUT2D eigenvalue weighted by Crippen LogP contribution is 2.17. The van der Waals surface area contributed by atoms with E-state index in [1.165, 1.54) is 30.3 Å². The van der Waals surface area contributed by atoms with Crippen molar-refractivity contribution < 1.29 is 111 Å². The average Bonchev–Trinajstić information content (AvgIpc) is 3.16. The van der Waals surface area contributed by atoms with Gasteiger partial charge in [0.15, 0.2) is 5.78 Å². The number of esters is 1. The topological polar surface area (TPSA) is 574 Å². The first-order chi connectivity index (χ1) is 40.9. The van der Waals surface area contributed by atoms with E-state index in [1.807, 2.05) is 10.6 Å². The van der Waals surface area contributed by atoms with Crippen molar-refractivity contribution in [3.63, 3.8) is 0 Å². The Morgan fingerprint density at radius 2 is 1.29 bits per heavy atom. The second-order valence-electron chi connectivity index (χ2n) is 19.3. The number of carboxylic acid groups (broad SMARTS) is 3. The van der Waals surface area contributed by atoms with Gasteiger partial charge in [-0.1, -0.05) is 31.7 Å². The van der Waals surface area contributed by atoms with Crippen molar-refractivity contribution >= 4 is 107 Å². The number of amides is 11. The van der Waals surface area contributed by atoms with Crippen LogP contribution in [0.4, 0.5) is 10.5 Å². The number of ether oxygens (including phenoxy) is 2. The number of benzene rings is 1. The number of nitrogens with two attached hydrogens (primary N) is 2. The Morgan fingerprint density at radius 3 is 1.87 bits per heavy atom. The Labute approximate surface area is 494 Å². The number of anilines is 1. The SMILES string of the molecule is C=CCOC(=O)NCCCC1NC(=O)CNC(=O)C(NC(=O)C(N)CC(=O)O)C(C)OC(=O)C(CC(=O)c2ccccc2N)NC(=O)C(C(C)CC(=O)O)NC(=O)C(CO)NC(=O)CNC(=O)C(CC(=O)O)NC(=O)C(C)NC(=O)C(CC=O)NC1=O. The van der Waals surface area contributed by atoms with Gasteiger partial charge in [0.1, 0.15) is 67.3 Å². The number of carbonyl (C=O) groups excluding carboxylic acids is 14.